The molecule has 2 aromatic rings. The van der Waals surface area contributed by atoms with Crippen LogP contribution in [-0.4, -0.2) is 9.55 Å². The lowest BCUT2D eigenvalue weighted by atomic mass is 10.1. The van der Waals surface area contributed by atoms with E-state index in [-0.39, 0.29) is 11.6 Å². The average Bonchev–Trinajstić information content (AvgIpc) is 2.46. The molecule has 0 saturated heterocycles. The Bertz CT molecular complexity index is 634. The van der Waals surface area contributed by atoms with E-state index in [1.54, 1.807) is 17.0 Å². The topological polar surface area (TPSA) is 72.9 Å². The molecular formula is C15H20N4O. The summed E-state index contributed by atoms with van der Waals surface area (Å²) >= 11 is 0. The highest BCUT2D eigenvalue weighted by atomic mass is 16.1. The minimum absolute atomic E-state index is 0.0996. The van der Waals surface area contributed by atoms with Gasteiger partial charge in [0.15, 0.2) is 5.82 Å². The van der Waals surface area contributed by atoms with E-state index < -0.39 is 0 Å². The van der Waals surface area contributed by atoms with Crippen LogP contribution in [0.25, 0.3) is 0 Å². The summed E-state index contributed by atoms with van der Waals surface area (Å²) in [4.78, 5) is 16.3. The van der Waals surface area contributed by atoms with Gasteiger partial charge in [0.05, 0.1) is 0 Å². The van der Waals surface area contributed by atoms with Crippen LogP contribution in [0.1, 0.15) is 31.0 Å². The largest absolute Gasteiger partial charge is 0.361 e. The van der Waals surface area contributed by atoms with E-state index in [4.69, 9.17) is 5.73 Å². The molecule has 0 spiro atoms. The maximum Gasteiger partial charge on any atom is 0.293 e. The van der Waals surface area contributed by atoms with Gasteiger partial charge in [-0.1, -0.05) is 24.3 Å². The number of nitrogens with two attached hydrogens (primary N) is 1. The lowest BCUT2D eigenvalue weighted by Gasteiger charge is -2.12. The van der Waals surface area contributed by atoms with E-state index in [9.17, 15) is 4.79 Å². The van der Waals surface area contributed by atoms with Crippen LogP contribution in [0.4, 0.5) is 5.82 Å². The third kappa shape index (κ3) is 3.24. The van der Waals surface area contributed by atoms with Gasteiger partial charge in [-0.05, 0) is 25.0 Å². The van der Waals surface area contributed by atoms with Crippen molar-refractivity contribution in [2.24, 2.45) is 5.73 Å². The summed E-state index contributed by atoms with van der Waals surface area (Å²) in [6.45, 7) is 5.00. The molecule has 2 rings (SSSR count). The van der Waals surface area contributed by atoms with Gasteiger partial charge < -0.3 is 15.6 Å². The SMILES string of the molecule is CC(C)n1ccnc(NCc2cccc(CN)c2)c1=O. The summed E-state index contributed by atoms with van der Waals surface area (Å²) in [7, 11) is 0. The number of hydrogen-bond acceptors (Lipinski definition) is 4. The molecule has 3 N–H and O–H groups in total. The van der Waals surface area contributed by atoms with Gasteiger partial charge in [0.25, 0.3) is 5.56 Å². The Kier molecular flexibility index (Phi) is 4.53. The van der Waals surface area contributed by atoms with Crippen molar-refractivity contribution in [3.05, 3.63) is 58.1 Å². The van der Waals surface area contributed by atoms with Gasteiger partial charge in [-0.3, -0.25) is 4.79 Å². The minimum Gasteiger partial charge on any atom is -0.361 e. The normalized spacial score (nSPS) is 10.8. The first-order chi connectivity index (χ1) is 9.61. The first-order valence-electron chi connectivity index (χ1n) is 6.70. The van der Waals surface area contributed by atoms with Crippen molar-refractivity contribution in [2.75, 3.05) is 5.32 Å². The zero-order valence-electron chi connectivity index (χ0n) is 11.8. The smallest absolute Gasteiger partial charge is 0.293 e. The summed E-state index contributed by atoms with van der Waals surface area (Å²) in [5, 5.41) is 3.09. The Morgan fingerprint density at radius 1 is 1.35 bits per heavy atom. The summed E-state index contributed by atoms with van der Waals surface area (Å²) in [5.41, 5.74) is 7.67. The highest BCUT2D eigenvalue weighted by molar-refractivity contribution is 5.34. The van der Waals surface area contributed by atoms with Gasteiger partial charge in [0, 0.05) is 31.5 Å². The molecule has 0 unspecified atom stereocenters. The molecule has 5 nitrogen and oxygen atoms in total. The average molecular weight is 272 g/mol. The molecule has 106 valence electrons. The number of rotatable bonds is 5. The molecule has 1 heterocycles. The Labute approximate surface area is 118 Å². The molecule has 0 bridgehead atoms. The van der Waals surface area contributed by atoms with E-state index in [1.807, 2.05) is 38.1 Å². The highest BCUT2D eigenvalue weighted by Gasteiger charge is 2.06. The molecule has 0 aliphatic heterocycles. The predicted molar refractivity (Wildman–Crippen MR) is 80.5 cm³/mol. The van der Waals surface area contributed by atoms with E-state index in [2.05, 4.69) is 10.3 Å². The Hall–Kier alpha value is -2.14. The van der Waals surface area contributed by atoms with Crippen LogP contribution in [-0.2, 0) is 13.1 Å². The molecular weight excluding hydrogens is 252 g/mol. The van der Waals surface area contributed by atoms with E-state index in [1.165, 1.54) is 0 Å². The van der Waals surface area contributed by atoms with Crippen LogP contribution >= 0.6 is 0 Å². The fourth-order valence-electron chi connectivity index (χ4n) is 2.01. The Morgan fingerprint density at radius 3 is 2.80 bits per heavy atom. The van der Waals surface area contributed by atoms with E-state index >= 15 is 0 Å². The van der Waals surface area contributed by atoms with Crippen molar-refractivity contribution in [1.29, 1.82) is 0 Å². The van der Waals surface area contributed by atoms with Gasteiger partial charge in [-0.25, -0.2) is 4.98 Å². The number of hydrogen-bond donors (Lipinski definition) is 2. The molecule has 0 aliphatic carbocycles. The van der Waals surface area contributed by atoms with Crippen molar-refractivity contribution in [3.8, 4) is 0 Å². The Morgan fingerprint density at radius 2 is 2.10 bits per heavy atom. The van der Waals surface area contributed by atoms with Crippen LogP contribution in [0.3, 0.4) is 0 Å². The monoisotopic (exact) mass is 272 g/mol. The van der Waals surface area contributed by atoms with Crippen LogP contribution in [0.5, 0.6) is 0 Å². The lowest BCUT2D eigenvalue weighted by Crippen LogP contribution is -2.25. The lowest BCUT2D eigenvalue weighted by molar-refractivity contribution is 0.575. The molecule has 0 amide bonds. The maximum atomic E-state index is 12.2. The first-order valence-corrected chi connectivity index (χ1v) is 6.70. The molecule has 1 aromatic carbocycles. The quantitative estimate of drug-likeness (QED) is 0.872. The van der Waals surface area contributed by atoms with Gasteiger partial charge >= 0.3 is 0 Å². The van der Waals surface area contributed by atoms with Crippen LogP contribution in [0.15, 0.2) is 41.5 Å². The summed E-state index contributed by atoms with van der Waals surface area (Å²) in [6.07, 6.45) is 3.34. The van der Waals surface area contributed by atoms with Gasteiger partial charge in [0.1, 0.15) is 0 Å². The molecule has 20 heavy (non-hydrogen) atoms. The molecule has 0 radical (unpaired) electrons. The van der Waals surface area contributed by atoms with Crippen LogP contribution < -0.4 is 16.6 Å². The minimum atomic E-state index is -0.0996. The molecule has 5 heteroatoms. The van der Waals surface area contributed by atoms with Gasteiger partial charge in [0.2, 0.25) is 0 Å². The second-order valence-corrected chi connectivity index (χ2v) is 4.96. The van der Waals surface area contributed by atoms with Crippen LogP contribution in [0.2, 0.25) is 0 Å². The number of aromatic nitrogens is 2. The number of nitrogens with one attached hydrogen (secondary N) is 1. The van der Waals surface area contributed by atoms with Crippen molar-refractivity contribution in [2.45, 2.75) is 33.0 Å². The Balaban J connectivity index is 2.15. The fourth-order valence-corrected chi connectivity index (χ4v) is 2.01. The zero-order chi connectivity index (χ0) is 14.5. The maximum absolute atomic E-state index is 12.2. The predicted octanol–water partition coefficient (Wildman–Crippen LogP) is 1.89. The van der Waals surface area contributed by atoms with E-state index in [0.717, 1.165) is 11.1 Å². The summed E-state index contributed by atoms with van der Waals surface area (Å²) in [5.74, 6) is 0.374. The molecule has 0 atom stereocenters. The number of benzene rings is 1. The van der Waals surface area contributed by atoms with Crippen molar-refractivity contribution in [3.63, 3.8) is 0 Å². The molecule has 0 aliphatic rings. The van der Waals surface area contributed by atoms with E-state index in [0.29, 0.717) is 18.9 Å². The second-order valence-electron chi connectivity index (χ2n) is 4.96. The molecule has 0 saturated carbocycles. The fraction of sp³-hybridized carbons (Fsp3) is 0.333. The first kappa shape index (κ1) is 14.3. The highest BCUT2D eigenvalue weighted by Crippen LogP contribution is 2.07. The molecule has 0 fully saturated rings. The third-order valence-corrected chi connectivity index (χ3v) is 3.11. The number of anilines is 1. The van der Waals surface area contributed by atoms with Crippen molar-refractivity contribution >= 4 is 5.82 Å². The van der Waals surface area contributed by atoms with Crippen molar-refractivity contribution < 1.29 is 0 Å². The number of nitrogens with zero attached hydrogens (tertiary/aromatic N) is 2. The van der Waals surface area contributed by atoms with Gasteiger partial charge in [-0.2, -0.15) is 0 Å². The standard InChI is InChI=1S/C15H20N4O/c1-11(2)19-7-6-17-14(15(19)20)18-10-13-5-3-4-12(8-13)9-16/h3-8,11H,9-10,16H2,1-2H3,(H,17,18). The molecule has 1 aromatic heterocycles. The summed E-state index contributed by atoms with van der Waals surface area (Å²) in [6, 6.07) is 8.08. The second kappa shape index (κ2) is 6.34. The zero-order valence-corrected chi connectivity index (χ0v) is 11.8. The summed E-state index contributed by atoms with van der Waals surface area (Å²) < 4.78 is 1.66. The van der Waals surface area contributed by atoms with Crippen molar-refractivity contribution in [1.82, 2.24) is 9.55 Å². The van der Waals surface area contributed by atoms with Gasteiger partial charge in [-0.15, -0.1) is 0 Å². The van der Waals surface area contributed by atoms with Crippen LogP contribution in [0, 0.1) is 0 Å². The third-order valence-electron chi connectivity index (χ3n) is 3.11.